The zero-order valence-corrected chi connectivity index (χ0v) is 13.0. The van der Waals surface area contributed by atoms with Crippen LogP contribution in [0.1, 0.15) is 46.7 Å². The number of hydrogen-bond acceptors (Lipinski definition) is 2. The highest BCUT2D eigenvalue weighted by atomic mass is 16.5. The van der Waals surface area contributed by atoms with Crippen LogP contribution < -0.4 is 5.32 Å². The summed E-state index contributed by atoms with van der Waals surface area (Å²) in [6, 6.07) is 2.72. The lowest BCUT2D eigenvalue weighted by atomic mass is 9.82. The summed E-state index contributed by atoms with van der Waals surface area (Å²) in [5.74, 6) is 0.595. The molecule has 2 atom stereocenters. The fraction of sp³-hybridized carbons (Fsp3) is 0.647. The Kier molecular flexibility index (Phi) is 4.64. The van der Waals surface area contributed by atoms with Crippen LogP contribution >= 0.6 is 0 Å². The molecule has 1 heterocycles. The van der Waals surface area contributed by atoms with Crippen LogP contribution in [0, 0.1) is 33.6 Å². The molecule has 1 fully saturated rings. The van der Waals surface area contributed by atoms with Crippen LogP contribution in [0.5, 0.6) is 0 Å². The number of ether oxygens (including phenoxy) is 1. The van der Waals surface area contributed by atoms with E-state index in [1.54, 1.807) is 0 Å². The summed E-state index contributed by atoms with van der Waals surface area (Å²) >= 11 is 0. The Hall–Kier alpha value is -0.860. The van der Waals surface area contributed by atoms with E-state index in [4.69, 9.17) is 4.74 Å². The molecule has 0 saturated carbocycles. The molecule has 0 aromatic heterocycles. The molecule has 2 unspecified atom stereocenters. The number of nitrogens with one attached hydrogen (secondary N) is 1. The molecule has 1 saturated heterocycles. The van der Waals surface area contributed by atoms with Gasteiger partial charge in [0.25, 0.3) is 0 Å². The van der Waals surface area contributed by atoms with E-state index in [9.17, 15) is 0 Å². The fourth-order valence-corrected chi connectivity index (χ4v) is 3.36. The second-order valence-electron chi connectivity index (χ2n) is 5.92. The van der Waals surface area contributed by atoms with Crippen LogP contribution in [0.4, 0.5) is 0 Å². The minimum atomic E-state index is 0.416. The summed E-state index contributed by atoms with van der Waals surface area (Å²) in [5, 5.41) is 3.54. The van der Waals surface area contributed by atoms with E-state index in [1.165, 1.54) is 40.7 Å². The first-order valence-corrected chi connectivity index (χ1v) is 7.38. The maximum Gasteiger partial charge on any atom is 0.0512 e. The van der Waals surface area contributed by atoms with Crippen LogP contribution in [-0.4, -0.2) is 20.3 Å². The van der Waals surface area contributed by atoms with Gasteiger partial charge < -0.3 is 10.1 Å². The largest absolute Gasteiger partial charge is 0.381 e. The first-order chi connectivity index (χ1) is 9.06. The molecular formula is C17H27NO. The number of aryl methyl sites for hydroxylation is 2. The first-order valence-electron chi connectivity index (χ1n) is 7.38. The Morgan fingerprint density at radius 2 is 1.79 bits per heavy atom. The highest BCUT2D eigenvalue weighted by Crippen LogP contribution is 2.34. The Bertz CT molecular complexity index is 421. The molecule has 19 heavy (non-hydrogen) atoms. The topological polar surface area (TPSA) is 21.3 Å². The van der Waals surface area contributed by atoms with Gasteiger partial charge in [-0.25, -0.2) is 0 Å². The standard InChI is InChI=1S/C17H27NO/c1-11-9-12(2)14(4)16(13(11)3)17(18-5)15-7-6-8-19-10-15/h9,15,17-18H,6-8,10H2,1-5H3. The lowest BCUT2D eigenvalue weighted by Crippen LogP contribution is -2.32. The predicted octanol–water partition coefficient (Wildman–Crippen LogP) is 3.61. The molecule has 106 valence electrons. The monoisotopic (exact) mass is 261 g/mol. The van der Waals surface area contributed by atoms with Gasteiger partial charge in [0.1, 0.15) is 0 Å². The van der Waals surface area contributed by atoms with Gasteiger partial charge in [0.05, 0.1) is 6.61 Å². The average Bonchev–Trinajstić information content (AvgIpc) is 2.42. The molecular weight excluding hydrogens is 234 g/mol. The van der Waals surface area contributed by atoms with Gasteiger partial charge in [-0.1, -0.05) is 6.07 Å². The highest BCUT2D eigenvalue weighted by molar-refractivity contribution is 5.46. The molecule has 1 aliphatic heterocycles. The molecule has 0 radical (unpaired) electrons. The predicted molar refractivity (Wildman–Crippen MR) is 80.7 cm³/mol. The van der Waals surface area contributed by atoms with E-state index in [2.05, 4.69) is 46.1 Å². The molecule has 2 heteroatoms. The van der Waals surface area contributed by atoms with Crippen molar-refractivity contribution in [1.29, 1.82) is 0 Å². The van der Waals surface area contributed by atoms with Gasteiger partial charge in [0.15, 0.2) is 0 Å². The molecule has 2 nitrogen and oxygen atoms in total. The Morgan fingerprint density at radius 3 is 2.26 bits per heavy atom. The van der Waals surface area contributed by atoms with Crippen molar-refractivity contribution >= 4 is 0 Å². The van der Waals surface area contributed by atoms with Crippen LogP contribution in [0.2, 0.25) is 0 Å². The molecule has 2 rings (SSSR count). The van der Waals surface area contributed by atoms with Crippen LogP contribution in [-0.2, 0) is 4.74 Å². The zero-order valence-electron chi connectivity index (χ0n) is 13.0. The number of benzene rings is 1. The van der Waals surface area contributed by atoms with Crippen molar-refractivity contribution in [2.45, 2.75) is 46.6 Å². The van der Waals surface area contributed by atoms with Gasteiger partial charge >= 0.3 is 0 Å². The SMILES string of the molecule is CNC(c1c(C)c(C)cc(C)c1C)C1CCCOC1. The van der Waals surface area contributed by atoms with Gasteiger partial charge in [0.2, 0.25) is 0 Å². The van der Waals surface area contributed by atoms with Crippen molar-refractivity contribution < 1.29 is 4.74 Å². The molecule has 0 amide bonds. The summed E-state index contributed by atoms with van der Waals surface area (Å²) < 4.78 is 5.69. The summed E-state index contributed by atoms with van der Waals surface area (Å²) in [6.07, 6.45) is 2.45. The van der Waals surface area contributed by atoms with E-state index in [0.29, 0.717) is 12.0 Å². The molecule has 0 aliphatic carbocycles. The maximum absolute atomic E-state index is 5.69. The minimum Gasteiger partial charge on any atom is -0.381 e. The van der Waals surface area contributed by atoms with Crippen LogP contribution in [0.3, 0.4) is 0 Å². The minimum absolute atomic E-state index is 0.416. The van der Waals surface area contributed by atoms with Crippen molar-refractivity contribution in [3.63, 3.8) is 0 Å². The van der Waals surface area contributed by atoms with E-state index < -0.39 is 0 Å². The average molecular weight is 261 g/mol. The smallest absolute Gasteiger partial charge is 0.0512 e. The van der Waals surface area contributed by atoms with Gasteiger partial charge in [-0.15, -0.1) is 0 Å². The quantitative estimate of drug-likeness (QED) is 0.897. The molecule has 0 spiro atoms. The summed E-state index contributed by atoms with van der Waals surface area (Å²) in [4.78, 5) is 0. The summed E-state index contributed by atoms with van der Waals surface area (Å²) in [7, 11) is 2.08. The van der Waals surface area contributed by atoms with Gasteiger partial charge in [0, 0.05) is 18.6 Å². The van der Waals surface area contributed by atoms with Crippen molar-refractivity contribution in [2.75, 3.05) is 20.3 Å². The molecule has 1 aliphatic rings. The first kappa shape index (κ1) is 14.5. The molecule has 1 N–H and O–H groups in total. The van der Waals surface area contributed by atoms with E-state index >= 15 is 0 Å². The Morgan fingerprint density at radius 1 is 1.16 bits per heavy atom. The van der Waals surface area contributed by atoms with E-state index in [0.717, 1.165) is 13.2 Å². The van der Waals surface area contributed by atoms with Gasteiger partial charge in [-0.2, -0.15) is 0 Å². The third kappa shape index (κ3) is 2.85. The van der Waals surface area contributed by atoms with Gasteiger partial charge in [-0.05, 0) is 75.4 Å². The van der Waals surface area contributed by atoms with E-state index in [1.807, 2.05) is 0 Å². The summed E-state index contributed by atoms with van der Waals surface area (Å²) in [6.45, 7) is 10.8. The number of rotatable bonds is 3. The Labute approximate surface area is 117 Å². The van der Waals surface area contributed by atoms with Crippen molar-refractivity contribution in [2.24, 2.45) is 5.92 Å². The Balaban J connectivity index is 2.42. The third-order valence-electron chi connectivity index (χ3n) is 4.71. The lowest BCUT2D eigenvalue weighted by molar-refractivity contribution is 0.0400. The second kappa shape index (κ2) is 6.06. The molecule has 1 aromatic carbocycles. The fourth-order valence-electron chi connectivity index (χ4n) is 3.36. The zero-order chi connectivity index (χ0) is 14.0. The molecule has 0 bridgehead atoms. The second-order valence-corrected chi connectivity index (χ2v) is 5.92. The van der Waals surface area contributed by atoms with Crippen molar-refractivity contribution in [1.82, 2.24) is 5.32 Å². The summed E-state index contributed by atoms with van der Waals surface area (Å²) in [5.41, 5.74) is 7.17. The number of hydrogen-bond donors (Lipinski definition) is 1. The van der Waals surface area contributed by atoms with Crippen molar-refractivity contribution in [3.05, 3.63) is 33.9 Å². The highest BCUT2D eigenvalue weighted by Gasteiger charge is 2.27. The van der Waals surface area contributed by atoms with E-state index in [-0.39, 0.29) is 0 Å². The normalized spacial score (nSPS) is 21.4. The maximum atomic E-state index is 5.69. The lowest BCUT2D eigenvalue weighted by Gasteiger charge is -2.33. The van der Waals surface area contributed by atoms with Crippen LogP contribution in [0.15, 0.2) is 6.07 Å². The van der Waals surface area contributed by atoms with Crippen molar-refractivity contribution in [3.8, 4) is 0 Å². The molecule has 1 aromatic rings. The third-order valence-corrected chi connectivity index (χ3v) is 4.71. The van der Waals surface area contributed by atoms with Crippen LogP contribution in [0.25, 0.3) is 0 Å². The van der Waals surface area contributed by atoms with Gasteiger partial charge in [-0.3, -0.25) is 0 Å².